The van der Waals surface area contributed by atoms with Crippen molar-refractivity contribution in [2.45, 2.75) is 89.3 Å². The first-order chi connectivity index (χ1) is 18.0. The molecule has 206 valence electrons. The van der Waals surface area contributed by atoms with Crippen molar-refractivity contribution >= 4 is 39.6 Å². The van der Waals surface area contributed by atoms with Gasteiger partial charge in [0.1, 0.15) is 0 Å². The molecule has 0 spiro atoms. The van der Waals surface area contributed by atoms with E-state index in [4.69, 9.17) is 18.9 Å². The number of rotatable bonds is 18. The number of unbranched alkanes of at least 4 members (excludes halogenated alkanes) is 6. The second-order valence-electron chi connectivity index (χ2n) is 8.72. The van der Waals surface area contributed by atoms with Crippen LogP contribution >= 0.6 is 21.6 Å². The predicted molar refractivity (Wildman–Crippen MR) is 147 cm³/mol. The zero-order chi connectivity index (χ0) is 26.7. The minimum Gasteiger partial charge on any atom is -0.493 e. The minimum atomic E-state index is -1.01. The van der Waals surface area contributed by atoms with Gasteiger partial charge in [0.05, 0.1) is 7.11 Å². The number of nitrogens with one attached hydrogen (secondary N) is 1. The van der Waals surface area contributed by atoms with Gasteiger partial charge in [-0.05, 0) is 42.4 Å². The van der Waals surface area contributed by atoms with Gasteiger partial charge in [0.25, 0.3) is 0 Å². The summed E-state index contributed by atoms with van der Waals surface area (Å²) in [6.45, 7) is 2.02. The van der Waals surface area contributed by atoms with E-state index < -0.39 is 18.9 Å². The minimum absolute atomic E-state index is 0.0111. The molecule has 37 heavy (non-hydrogen) atoms. The van der Waals surface area contributed by atoms with Crippen molar-refractivity contribution in [3.05, 3.63) is 35.2 Å². The highest BCUT2D eigenvalue weighted by Crippen LogP contribution is 2.37. The summed E-state index contributed by atoms with van der Waals surface area (Å²) >= 11 is 0. The van der Waals surface area contributed by atoms with Crippen molar-refractivity contribution in [2.24, 2.45) is 0 Å². The predicted octanol–water partition coefficient (Wildman–Crippen LogP) is 6.92. The third-order valence-electron chi connectivity index (χ3n) is 5.71. The Balaban J connectivity index is 1.62. The second-order valence-corrected chi connectivity index (χ2v) is 11.1. The number of hydrogen-bond donors (Lipinski definition) is 1. The maximum absolute atomic E-state index is 12.1. The Labute approximate surface area is 228 Å². The van der Waals surface area contributed by atoms with Crippen molar-refractivity contribution in [3.8, 4) is 11.5 Å². The number of carbonyl (C=O) groups is 3. The average molecular weight is 554 g/mol. The SMILES string of the molecule is CCCCCCCCC(=O)NCc1ccc(OC(=O)OCOC(=O)CCCC[C@@H]2C=CSS2)c(OC)c1. The molecule has 0 radical (unpaired) electrons. The molecule has 1 heterocycles. The lowest BCUT2D eigenvalue weighted by Gasteiger charge is -2.12. The topological polar surface area (TPSA) is 100 Å². The summed E-state index contributed by atoms with van der Waals surface area (Å²) in [4.78, 5) is 35.9. The Hall–Kier alpha value is -2.33. The molecular weight excluding hydrogens is 514 g/mol. The summed E-state index contributed by atoms with van der Waals surface area (Å²) in [6.07, 6.45) is 11.4. The molecule has 1 atom stereocenters. The molecule has 0 saturated carbocycles. The maximum Gasteiger partial charge on any atom is 0.516 e. The molecule has 1 aliphatic heterocycles. The number of ether oxygens (including phenoxy) is 4. The summed E-state index contributed by atoms with van der Waals surface area (Å²) in [5.41, 5.74) is 0.809. The normalized spacial score (nSPS) is 14.3. The first-order valence-electron chi connectivity index (χ1n) is 12.9. The van der Waals surface area contributed by atoms with Gasteiger partial charge in [0.2, 0.25) is 12.7 Å². The highest BCUT2D eigenvalue weighted by molar-refractivity contribution is 8.78. The van der Waals surface area contributed by atoms with Gasteiger partial charge in [-0.2, -0.15) is 0 Å². The van der Waals surface area contributed by atoms with E-state index in [0.29, 0.717) is 24.0 Å². The van der Waals surface area contributed by atoms with Crippen LogP contribution in [0.3, 0.4) is 0 Å². The smallest absolute Gasteiger partial charge is 0.493 e. The molecule has 0 aliphatic carbocycles. The maximum atomic E-state index is 12.1. The number of amides is 1. The standard InChI is InChI=1S/C27H39NO7S2/c1-3-4-5-6-7-8-12-25(29)28-19-21-14-15-23(24(18-21)32-2)35-27(31)34-20-33-26(30)13-10-9-11-22-16-17-36-37-22/h14-18,22H,3-13,19-20H2,1-2H3,(H,28,29)/t22-/m1/s1. The number of carbonyl (C=O) groups excluding carboxylic acids is 3. The van der Waals surface area contributed by atoms with Gasteiger partial charge in [-0.15, -0.1) is 0 Å². The Kier molecular flexibility index (Phi) is 15.7. The molecule has 0 bridgehead atoms. The Morgan fingerprint density at radius 2 is 1.73 bits per heavy atom. The van der Waals surface area contributed by atoms with Gasteiger partial charge in [0, 0.05) is 24.6 Å². The molecule has 1 N–H and O–H groups in total. The fourth-order valence-corrected chi connectivity index (χ4v) is 5.87. The van der Waals surface area contributed by atoms with Gasteiger partial charge < -0.3 is 24.3 Å². The van der Waals surface area contributed by atoms with Gasteiger partial charge in [0.15, 0.2) is 11.5 Å². The molecule has 0 saturated heterocycles. The van der Waals surface area contributed by atoms with Crippen molar-refractivity contribution < 1.29 is 33.3 Å². The van der Waals surface area contributed by atoms with Crippen LogP contribution in [-0.4, -0.2) is 37.2 Å². The third kappa shape index (κ3) is 13.7. The summed E-state index contributed by atoms with van der Waals surface area (Å²) in [5, 5.41) is 5.50. The molecule has 1 amide bonds. The largest absolute Gasteiger partial charge is 0.516 e. The molecule has 0 aromatic heterocycles. The molecule has 0 fully saturated rings. The summed E-state index contributed by atoms with van der Waals surface area (Å²) in [7, 11) is 5.01. The van der Waals surface area contributed by atoms with E-state index in [0.717, 1.165) is 37.7 Å². The average Bonchev–Trinajstić information content (AvgIpc) is 3.41. The first-order valence-corrected chi connectivity index (χ1v) is 15.2. The highest BCUT2D eigenvalue weighted by atomic mass is 33.1. The van der Waals surface area contributed by atoms with Crippen LogP contribution < -0.4 is 14.8 Å². The van der Waals surface area contributed by atoms with E-state index >= 15 is 0 Å². The molecule has 1 aromatic carbocycles. The van der Waals surface area contributed by atoms with E-state index in [1.807, 2.05) is 10.8 Å². The van der Waals surface area contributed by atoms with Crippen LogP contribution in [0.15, 0.2) is 29.7 Å². The number of hydrogen-bond acceptors (Lipinski definition) is 9. The van der Waals surface area contributed by atoms with Gasteiger partial charge in [-0.25, -0.2) is 4.79 Å². The summed E-state index contributed by atoms with van der Waals surface area (Å²) in [5.74, 6) is 0.0810. The molecule has 0 unspecified atom stereocenters. The van der Waals surface area contributed by atoms with Crippen LogP contribution in [0.25, 0.3) is 0 Å². The van der Waals surface area contributed by atoms with E-state index in [1.54, 1.807) is 29.0 Å². The van der Waals surface area contributed by atoms with Crippen molar-refractivity contribution in [1.29, 1.82) is 0 Å². The summed E-state index contributed by atoms with van der Waals surface area (Å²) in [6, 6.07) is 4.98. The van der Waals surface area contributed by atoms with Crippen molar-refractivity contribution in [2.75, 3.05) is 13.9 Å². The molecule has 1 aliphatic rings. The van der Waals surface area contributed by atoms with Crippen LogP contribution in [-0.2, 0) is 25.6 Å². The van der Waals surface area contributed by atoms with E-state index in [-0.39, 0.29) is 18.1 Å². The van der Waals surface area contributed by atoms with Crippen LogP contribution in [0.5, 0.6) is 11.5 Å². The number of benzene rings is 1. The Morgan fingerprint density at radius 1 is 0.946 bits per heavy atom. The lowest BCUT2D eigenvalue weighted by molar-refractivity contribution is -0.152. The van der Waals surface area contributed by atoms with E-state index in [2.05, 4.69) is 23.7 Å². The van der Waals surface area contributed by atoms with Crippen LogP contribution in [0, 0.1) is 0 Å². The molecule has 10 heteroatoms. The lowest BCUT2D eigenvalue weighted by atomic mass is 10.1. The second kappa shape index (κ2) is 18.8. The quantitative estimate of drug-likeness (QED) is 0.0683. The van der Waals surface area contributed by atoms with Crippen molar-refractivity contribution in [1.82, 2.24) is 5.32 Å². The lowest BCUT2D eigenvalue weighted by Crippen LogP contribution is -2.22. The summed E-state index contributed by atoms with van der Waals surface area (Å²) < 4.78 is 20.3. The fourth-order valence-electron chi connectivity index (χ4n) is 3.61. The van der Waals surface area contributed by atoms with Gasteiger partial charge >= 0.3 is 12.1 Å². The number of esters is 1. The third-order valence-corrected chi connectivity index (χ3v) is 8.14. The van der Waals surface area contributed by atoms with Crippen LogP contribution in [0.2, 0.25) is 0 Å². The molecular formula is C27H39NO7S2. The van der Waals surface area contributed by atoms with Crippen molar-refractivity contribution in [3.63, 3.8) is 0 Å². The van der Waals surface area contributed by atoms with Gasteiger partial charge in [-0.3, -0.25) is 9.59 Å². The highest BCUT2D eigenvalue weighted by Gasteiger charge is 2.14. The number of methoxy groups -OCH3 is 1. The zero-order valence-corrected chi connectivity index (χ0v) is 23.5. The zero-order valence-electron chi connectivity index (χ0n) is 21.8. The van der Waals surface area contributed by atoms with Crippen LogP contribution in [0.4, 0.5) is 4.79 Å². The Bertz CT molecular complexity index is 878. The van der Waals surface area contributed by atoms with E-state index in [9.17, 15) is 14.4 Å². The van der Waals surface area contributed by atoms with E-state index in [1.165, 1.54) is 32.8 Å². The van der Waals surface area contributed by atoms with Crippen LogP contribution in [0.1, 0.15) is 83.1 Å². The molecule has 1 aromatic rings. The molecule has 2 rings (SSSR count). The van der Waals surface area contributed by atoms with Gasteiger partial charge in [-0.1, -0.05) is 79.2 Å². The monoisotopic (exact) mass is 553 g/mol. The molecule has 8 nitrogen and oxygen atoms in total. The first kappa shape index (κ1) is 30.9. The fraction of sp³-hybridized carbons (Fsp3) is 0.593. The Morgan fingerprint density at radius 3 is 2.49 bits per heavy atom.